The fraction of sp³-hybridized carbons (Fsp3) is 0.286. The van der Waals surface area contributed by atoms with Crippen LogP contribution < -0.4 is 4.74 Å². The summed E-state index contributed by atoms with van der Waals surface area (Å²) >= 11 is 3.32. The van der Waals surface area contributed by atoms with Gasteiger partial charge in [-0.15, -0.1) is 0 Å². The standard InChI is InChI=1S/C21H19BrFNO/c1-21(2)17(10-11-22)20(21)16(13-24)14-8-9-18(23)19(12-14)25-15-6-4-3-5-7-15/h3-12,16-17,20H,1-2H3/t16?,17-,20-/m0/s1. The molecule has 3 atom stereocenters. The van der Waals surface area contributed by atoms with Crippen LogP contribution in [0.2, 0.25) is 0 Å². The molecular formula is C21H19BrFNO. The number of nitrogens with zero attached hydrogens (tertiary/aromatic N) is 1. The molecule has 0 bridgehead atoms. The van der Waals surface area contributed by atoms with Gasteiger partial charge < -0.3 is 4.74 Å². The van der Waals surface area contributed by atoms with Crippen molar-refractivity contribution in [2.24, 2.45) is 17.3 Å². The number of benzene rings is 2. The molecule has 2 aromatic carbocycles. The molecule has 0 amide bonds. The average molecular weight is 400 g/mol. The van der Waals surface area contributed by atoms with E-state index >= 15 is 0 Å². The number of ether oxygens (including phenoxy) is 1. The van der Waals surface area contributed by atoms with E-state index in [0.29, 0.717) is 11.7 Å². The number of halogens is 2. The van der Waals surface area contributed by atoms with Gasteiger partial charge in [0.1, 0.15) is 5.75 Å². The van der Waals surface area contributed by atoms with Gasteiger partial charge in [0.05, 0.1) is 12.0 Å². The maximum absolute atomic E-state index is 14.2. The van der Waals surface area contributed by atoms with Crippen molar-refractivity contribution in [2.45, 2.75) is 19.8 Å². The minimum Gasteiger partial charge on any atom is -0.454 e. The van der Waals surface area contributed by atoms with Gasteiger partial charge in [0.2, 0.25) is 0 Å². The van der Waals surface area contributed by atoms with Gasteiger partial charge in [0.15, 0.2) is 11.6 Å². The molecule has 0 heterocycles. The Morgan fingerprint density at radius 2 is 1.96 bits per heavy atom. The van der Waals surface area contributed by atoms with E-state index in [9.17, 15) is 9.65 Å². The van der Waals surface area contributed by atoms with Crippen molar-refractivity contribution < 1.29 is 9.13 Å². The minimum absolute atomic E-state index is 0.0412. The van der Waals surface area contributed by atoms with E-state index in [1.807, 2.05) is 23.2 Å². The largest absolute Gasteiger partial charge is 0.454 e. The van der Waals surface area contributed by atoms with Crippen molar-refractivity contribution in [1.29, 1.82) is 5.26 Å². The highest BCUT2D eigenvalue weighted by molar-refractivity contribution is 9.11. The van der Waals surface area contributed by atoms with Gasteiger partial charge in [0, 0.05) is 0 Å². The van der Waals surface area contributed by atoms with E-state index in [4.69, 9.17) is 4.74 Å². The molecule has 2 nitrogen and oxygen atoms in total. The molecule has 1 aliphatic rings. The molecule has 1 unspecified atom stereocenters. The van der Waals surface area contributed by atoms with Crippen LogP contribution in [0.1, 0.15) is 25.3 Å². The van der Waals surface area contributed by atoms with Gasteiger partial charge in [0.25, 0.3) is 0 Å². The van der Waals surface area contributed by atoms with Gasteiger partial charge in [-0.2, -0.15) is 5.26 Å². The highest BCUT2D eigenvalue weighted by Gasteiger charge is 2.59. The zero-order valence-electron chi connectivity index (χ0n) is 14.1. The third-order valence-electron chi connectivity index (χ3n) is 5.06. The smallest absolute Gasteiger partial charge is 0.165 e. The Bertz CT molecular complexity index is 826. The van der Waals surface area contributed by atoms with Gasteiger partial charge >= 0.3 is 0 Å². The number of rotatable bonds is 5. The summed E-state index contributed by atoms with van der Waals surface area (Å²) in [5, 5.41) is 9.74. The molecule has 128 valence electrons. The van der Waals surface area contributed by atoms with Crippen LogP contribution >= 0.6 is 15.9 Å². The molecule has 4 heteroatoms. The van der Waals surface area contributed by atoms with Gasteiger partial charge in [-0.05, 0) is 52.1 Å². The third kappa shape index (κ3) is 3.48. The second-order valence-corrected chi connectivity index (χ2v) is 7.43. The summed E-state index contributed by atoms with van der Waals surface area (Å²) in [5.74, 6) is 0.494. The maximum atomic E-state index is 14.2. The molecule has 0 aromatic heterocycles. The van der Waals surface area contributed by atoms with Crippen LogP contribution in [-0.2, 0) is 0 Å². The molecule has 25 heavy (non-hydrogen) atoms. The van der Waals surface area contributed by atoms with E-state index < -0.39 is 5.82 Å². The Morgan fingerprint density at radius 1 is 1.24 bits per heavy atom. The van der Waals surface area contributed by atoms with Crippen molar-refractivity contribution in [1.82, 2.24) is 0 Å². The van der Waals surface area contributed by atoms with Crippen LogP contribution in [0, 0.1) is 34.4 Å². The molecule has 1 fully saturated rings. The molecule has 0 N–H and O–H groups in total. The minimum atomic E-state index is -0.434. The van der Waals surface area contributed by atoms with Crippen molar-refractivity contribution >= 4 is 15.9 Å². The zero-order valence-corrected chi connectivity index (χ0v) is 15.7. The van der Waals surface area contributed by atoms with Gasteiger partial charge in [-0.1, -0.05) is 60.1 Å². The molecule has 0 radical (unpaired) electrons. The molecule has 0 aliphatic heterocycles. The predicted molar refractivity (Wildman–Crippen MR) is 100 cm³/mol. The van der Waals surface area contributed by atoms with Crippen molar-refractivity contribution in [3.8, 4) is 17.6 Å². The molecular weight excluding hydrogens is 381 g/mol. The zero-order chi connectivity index (χ0) is 18.0. The van der Waals surface area contributed by atoms with Crippen LogP contribution in [-0.4, -0.2) is 0 Å². The monoisotopic (exact) mass is 399 g/mol. The van der Waals surface area contributed by atoms with E-state index in [1.165, 1.54) is 6.07 Å². The summed E-state index contributed by atoms with van der Waals surface area (Å²) in [5.41, 5.74) is 0.831. The van der Waals surface area contributed by atoms with Gasteiger partial charge in [-0.3, -0.25) is 0 Å². The quantitative estimate of drug-likeness (QED) is 0.581. The van der Waals surface area contributed by atoms with Crippen molar-refractivity contribution in [2.75, 3.05) is 0 Å². The lowest BCUT2D eigenvalue weighted by molar-refractivity contribution is 0.440. The van der Waals surface area contributed by atoms with Crippen LogP contribution in [0.4, 0.5) is 4.39 Å². The Labute approximate surface area is 156 Å². The average Bonchev–Trinajstić information content (AvgIpc) is 3.13. The van der Waals surface area contributed by atoms with Crippen LogP contribution in [0.5, 0.6) is 11.5 Å². The molecule has 0 saturated heterocycles. The first-order valence-electron chi connectivity index (χ1n) is 8.18. The lowest BCUT2D eigenvalue weighted by atomic mass is 9.91. The Morgan fingerprint density at radius 3 is 2.60 bits per heavy atom. The van der Waals surface area contributed by atoms with Crippen LogP contribution in [0.15, 0.2) is 59.6 Å². The number of hydrogen-bond donors (Lipinski definition) is 0. The third-order valence-corrected chi connectivity index (χ3v) is 5.36. The van der Waals surface area contributed by atoms with E-state index in [1.54, 1.807) is 24.3 Å². The Kier molecular flexibility index (Phi) is 4.96. The van der Waals surface area contributed by atoms with Gasteiger partial charge in [-0.25, -0.2) is 4.39 Å². The second kappa shape index (κ2) is 7.01. The predicted octanol–water partition coefficient (Wildman–Crippen LogP) is 6.41. The number of hydrogen-bond acceptors (Lipinski definition) is 2. The summed E-state index contributed by atoms with van der Waals surface area (Å²) < 4.78 is 19.8. The Balaban J connectivity index is 1.90. The lowest BCUT2D eigenvalue weighted by Gasteiger charge is -2.14. The summed E-state index contributed by atoms with van der Waals surface area (Å²) in [7, 11) is 0. The highest BCUT2D eigenvalue weighted by Crippen LogP contribution is 2.64. The highest BCUT2D eigenvalue weighted by atomic mass is 79.9. The maximum Gasteiger partial charge on any atom is 0.165 e. The summed E-state index contributed by atoms with van der Waals surface area (Å²) in [4.78, 5) is 1.85. The van der Waals surface area contributed by atoms with Crippen molar-refractivity contribution in [3.05, 3.63) is 71.0 Å². The normalized spacial score (nSPS) is 22.4. The molecule has 0 spiro atoms. The fourth-order valence-electron chi connectivity index (χ4n) is 3.57. The second-order valence-electron chi connectivity index (χ2n) is 6.90. The van der Waals surface area contributed by atoms with E-state index in [-0.39, 0.29) is 23.0 Å². The van der Waals surface area contributed by atoms with E-state index in [2.05, 4.69) is 41.9 Å². The number of nitriles is 1. The number of para-hydroxylation sites is 1. The fourth-order valence-corrected chi connectivity index (χ4v) is 3.90. The first kappa shape index (κ1) is 17.7. The first-order chi connectivity index (χ1) is 12.0. The first-order valence-corrected chi connectivity index (χ1v) is 9.09. The topological polar surface area (TPSA) is 33.0 Å². The molecule has 2 aromatic rings. The Hall–Kier alpha value is -2.12. The SMILES string of the molecule is CC1(C)[C@@H](C=CBr)[C@@H]1C(C#N)c1ccc(F)c(Oc2ccccc2)c1. The summed E-state index contributed by atoms with van der Waals surface area (Å²) in [6, 6.07) is 16.2. The number of allylic oxidation sites excluding steroid dienone is 1. The molecule has 1 saturated carbocycles. The lowest BCUT2D eigenvalue weighted by Crippen LogP contribution is -2.04. The van der Waals surface area contributed by atoms with Crippen molar-refractivity contribution in [3.63, 3.8) is 0 Å². The summed E-state index contributed by atoms with van der Waals surface area (Å²) in [6.07, 6.45) is 2.08. The molecule has 3 rings (SSSR count). The van der Waals surface area contributed by atoms with Crippen LogP contribution in [0.25, 0.3) is 0 Å². The molecule has 1 aliphatic carbocycles. The van der Waals surface area contributed by atoms with E-state index in [0.717, 1.165) is 5.56 Å². The summed E-state index contributed by atoms with van der Waals surface area (Å²) in [6.45, 7) is 4.31. The van der Waals surface area contributed by atoms with Crippen LogP contribution in [0.3, 0.4) is 0 Å².